The summed E-state index contributed by atoms with van der Waals surface area (Å²) in [7, 11) is 0. The fourth-order valence-corrected chi connectivity index (χ4v) is 3.10. The maximum atomic E-state index is 3.74. The number of fused-ring (bicyclic) bond motifs is 2. The molecule has 0 spiro atoms. The fourth-order valence-electron chi connectivity index (χ4n) is 3.10. The molecule has 0 N–H and O–H groups in total. The number of halogens is 2. The van der Waals surface area contributed by atoms with Crippen LogP contribution in [0.1, 0.15) is 11.1 Å². The zero-order chi connectivity index (χ0) is 16.8. The van der Waals surface area contributed by atoms with Crippen LogP contribution in [0.15, 0.2) is 98.1 Å². The zero-order valence-corrected chi connectivity index (χ0v) is 18.4. The molecule has 4 aromatic rings. The van der Waals surface area contributed by atoms with Gasteiger partial charge < -0.3 is 0 Å². The Kier molecular flexibility index (Phi) is 12.0. The fraction of sp³-hybridized carbons (Fsp3) is 0.0833. The van der Waals surface area contributed by atoms with E-state index in [2.05, 4.69) is 86.0 Å². The van der Waals surface area contributed by atoms with E-state index in [1.165, 1.54) is 32.7 Å². The molecule has 4 rings (SSSR count). The number of benzene rings is 2. The second kappa shape index (κ2) is 12.8. The third-order valence-electron chi connectivity index (χ3n) is 4.27. The Hall–Kier alpha value is -1.57. The van der Waals surface area contributed by atoms with E-state index in [-0.39, 0.29) is 46.5 Å². The van der Waals surface area contributed by atoms with Gasteiger partial charge >= 0.3 is 21.7 Å². The minimum Gasteiger partial charge on any atom is -0.168 e. The summed E-state index contributed by atoms with van der Waals surface area (Å²) in [6.45, 7) is 7.48. The normalized spacial score (nSPS) is 9.19. The molecule has 27 heavy (non-hydrogen) atoms. The summed E-state index contributed by atoms with van der Waals surface area (Å²) < 4.78 is 0. The molecule has 0 aromatic heterocycles. The molecule has 0 saturated heterocycles. The summed E-state index contributed by atoms with van der Waals surface area (Å²) in [5.41, 5.74) is 2.75. The monoisotopic (exact) mass is 430 g/mol. The molecule has 0 saturated carbocycles. The van der Waals surface area contributed by atoms with E-state index >= 15 is 0 Å². The van der Waals surface area contributed by atoms with Crippen LogP contribution in [0.4, 0.5) is 0 Å². The third-order valence-corrected chi connectivity index (χ3v) is 4.27. The van der Waals surface area contributed by atoms with Crippen molar-refractivity contribution < 1.29 is 21.7 Å². The SMILES string of the molecule is C=CC[c-]1ccc2ccccc21.C=CC[c-]1ccc2ccccc21.Cl.Cl.[Ti+2]. The van der Waals surface area contributed by atoms with Crippen LogP contribution in [-0.2, 0) is 34.6 Å². The van der Waals surface area contributed by atoms with E-state index in [4.69, 9.17) is 0 Å². The van der Waals surface area contributed by atoms with Crippen molar-refractivity contribution in [3.05, 3.63) is 109 Å². The van der Waals surface area contributed by atoms with Crippen LogP contribution < -0.4 is 0 Å². The summed E-state index contributed by atoms with van der Waals surface area (Å²) in [5, 5.41) is 5.37. The van der Waals surface area contributed by atoms with Gasteiger partial charge in [-0.2, -0.15) is 12.1 Å². The van der Waals surface area contributed by atoms with E-state index in [1.54, 1.807) is 0 Å². The van der Waals surface area contributed by atoms with Crippen LogP contribution in [0.5, 0.6) is 0 Å². The molecule has 4 aromatic carbocycles. The summed E-state index contributed by atoms with van der Waals surface area (Å²) in [6, 6.07) is 25.6. The molecule has 0 fully saturated rings. The molecule has 0 bridgehead atoms. The molecule has 0 unspecified atom stereocenters. The summed E-state index contributed by atoms with van der Waals surface area (Å²) >= 11 is 0. The van der Waals surface area contributed by atoms with Gasteiger partial charge in [0, 0.05) is 0 Å². The van der Waals surface area contributed by atoms with Gasteiger partial charge in [0.2, 0.25) is 0 Å². The number of hydrogen-bond donors (Lipinski definition) is 0. The van der Waals surface area contributed by atoms with E-state index in [0.717, 1.165) is 12.8 Å². The van der Waals surface area contributed by atoms with Crippen molar-refractivity contribution in [1.29, 1.82) is 0 Å². The van der Waals surface area contributed by atoms with Crippen molar-refractivity contribution in [3.63, 3.8) is 0 Å². The number of rotatable bonds is 4. The van der Waals surface area contributed by atoms with Crippen molar-refractivity contribution >= 4 is 46.4 Å². The second-order valence-electron chi connectivity index (χ2n) is 5.88. The Morgan fingerprint density at radius 2 is 1.00 bits per heavy atom. The van der Waals surface area contributed by atoms with Gasteiger partial charge in [-0.05, 0) is 12.8 Å². The summed E-state index contributed by atoms with van der Waals surface area (Å²) in [6.07, 6.45) is 5.82. The van der Waals surface area contributed by atoms with Crippen molar-refractivity contribution in [2.24, 2.45) is 0 Å². The van der Waals surface area contributed by atoms with Crippen LogP contribution in [0, 0.1) is 0 Å². The maximum Gasteiger partial charge on any atom is 2.00 e. The first-order chi connectivity index (χ1) is 11.8. The largest absolute Gasteiger partial charge is 2.00 e. The van der Waals surface area contributed by atoms with Gasteiger partial charge in [0.25, 0.3) is 0 Å². The second-order valence-corrected chi connectivity index (χ2v) is 5.88. The van der Waals surface area contributed by atoms with Gasteiger partial charge in [0.15, 0.2) is 0 Å². The van der Waals surface area contributed by atoms with E-state index in [0.29, 0.717) is 0 Å². The van der Waals surface area contributed by atoms with Gasteiger partial charge in [0.05, 0.1) is 0 Å². The molecule has 0 amide bonds. The maximum absolute atomic E-state index is 3.74. The predicted octanol–water partition coefficient (Wildman–Crippen LogP) is 7.42. The first kappa shape index (κ1) is 25.4. The number of hydrogen-bond acceptors (Lipinski definition) is 0. The van der Waals surface area contributed by atoms with Crippen LogP contribution in [0.25, 0.3) is 21.5 Å². The molecule has 0 aliphatic rings. The topological polar surface area (TPSA) is 0 Å². The molecule has 0 aliphatic carbocycles. The Bertz CT molecular complexity index is 883. The molecule has 138 valence electrons. The van der Waals surface area contributed by atoms with Gasteiger partial charge in [-0.1, -0.05) is 24.3 Å². The zero-order valence-electron chi connectivity index (χ0n) is 15.2. The van der Waals surface area contributed by atoms with Gasteiger partial charge in [-0.15, -0.1) is 119 Å². The van der Waals surface area contributed by atoms with Crippen LogP contribution in [0.2, 0.25) is 0 Å². The smallest absolute Gasteiger partial charge is 0.168 e. The van der Waals surface area contributed by atoms with E-state index < -0.39 is 0 Å². The van der Waals surface area contributed by atoms with Crippen molar-refractivity contribution in [2.45, 2.75) is 12.8 Å². The van der Waals surface area contributed by atoms with Crippen molar-refractivity contribution in [1.82, 2.24) is 0 Å². The molecular formula is C24H24Cl2Ti. The minimum absolute atomic E-state index is 0. The van der Waals surface area contributed by atoms with Crippen molar-refractivity contribution in [2.75, 3.05) is 0 Å². The predicted molar refractivity (Wildman–Crippen MR) is 121 cm³/mol. The Morgan fingerprint density at radius 1 is 0.630 bits per heavy atom. The van der Waals surface area contributed by atoms with Crippen molar-refractivity contribution in [3.8, 4) is 0 Å². The first-order valence-corrected chi connectivity index (χ1v) is 8.32. The molecule has 3 heteroatoms. The third kappa shape index (κ3) is 6.23. The summed E-state index contributed by atoms with van der Waals surface area (Å²) in [5.74, 6) is 0. The average Bonchev–Trinajstić information content (AvgIpc) is 3.22. The van der Waals surface area contributed by atoms with E-state index in [1.807, 2.05) is 12.2 Å². The molecule has 0 aliphatic heterocycles. The van der Waals surface area contributed by atoms with Gasteiger partial charge in [-0.25, -0.2) is 0 Å². The molecule has 0 radical (unpaired) electrons. The Morgan fingerprint density at radius 3 is 1.37 bits per heavy atom. The van der Waals surface area contributed by atoms with Crippen LogP contribution in [0.3, 0.4) is 0 Å². The average molecular weight is 431 g/mol. The Balaban J connectivity index is 0.000000451. The van der Waals surface area contributed by atoms with E-state index in [9.17, 15) is 0 Å². The molecule has 0 atom stereocenters. The first-order valence-electron chi connectivity index (χ1n) is 8.32. The number of allylic oxidation sites excluding steroid dienone is 2. The Labute approximate surface area is 189 Å². The molecule has 0 heterocycles. The molecular weight excluding hydrogens is 407 g/mol. The minimum atomic E-state index is 0. The van der Waals surface area contributed by atoms with Crippen LogP contribution >= 0.6 is 24.8 Å². The van der Waals surface area contributed by atoms with Gasteiger partial charge in [0.1, 0.15) is 0 Å². The quantitative estimate of drug-likeness (QED) is 0.179. The van der Waals surface area contributed by atoms with Gasteiger partial charge in [-0.3, -0.25) is 0 Å². The van der Waals surface area contributed by atoms with Crippen LogP contribution in [-0.4, -0.2) is 0 Å². The standard InChI is InChI=1S/2C12H11.2ClH.Ti/c2*1-2-5-10-8-9-11-6-3-4-7-12(10)11;;;/h2*2-4,6-9H,1,5H2;2*1H;/q2*-1;;;+2. The summed E-state index contributed by atoms with van der Waals surface area (Å²) in [4.78, 5) is 0. The molecule has 0 nitrogen and oxygen atoms in total.